The molecule has 0 bridgehead atoms. The quantitative estimate of drug-likeness (QED) is 0.808. The summed E-state index contributed by atoms with van der Waals surface area (Å²) in [7, 11) is -2.27. The van der Waals surface area contributed by atoms with Gasteiger partial charge in [-0.1, -0.05) is 26.2 Å². The zero-order chi connectivity index (χ0) is 20.3. The first-order chi connectivity index (χ1) is 13.3. The van der Waals surface area contributed by atoms with Crippen molar-refractivity contribution in [1.82, 2.24) is 9.62 Å². The molecule has 1 aliphatic heterocycles. The molecule has 28 heavy (non-hydrogen) atoms. The third kappa shape index (κ3) is 4.35. The van der Waals surface area contributed by atoms with Crippen LogP contribution in [0.3, 0.4) is 0 Å². The molecule has 1 heterocycles. The van der Waals surface area contributed by atoms with E-state index < -0.39 is 10.0 Å². The molecule has 3 unspecified atom stereocenters. The number of nitrogens with zero attached hydrogens (tertiary/aromatic N) is 1. The van der Waals surface area contributed by atoms with Crippen LogP contribution in [-0.2, 0) is 10.0 Å². The number of hydrogen-bond donors (Lipinski definition) is 1. The van der Waals surface area contributed by atoms with Gasteiger partial charge in [-0.15, -0.1) is 0 Å². The smallest absolute Gasteiger partial charge is 0.251 e. The molecule has 1 N–H and O–H groups in total. The summed E-state index contributed by atoms with van der Waals surface area (Å²) >= 11 is 0. The average molecular weight is 409 g/mol. The van der Waals surface area contributed by atoms with Crippen LogP contribution in [0, 0.1) is 5.92 Å². The molecule has 156 valence electrons. The molecular formula is C21H32N2O4S. The first kappa shape index (κ1) is 21.1. The van der Waals surface area contributed by atoms with E-state index in [0.717, 1.165) is 38.5 Å². The van der Waals surface area contributed by atoms with Crippen LogP contribution >= 0.6 is 0 Å². The maximum atomic E-state index is 13.3. The summed E-state index contributed by atoms with van der Waals surface area (Å²) in [6.45, 7) is 4.60. The van der Waals surface area contributed by atoms with E-state index in [1.165, 1.54) is 19.6 Å². The van der Waals surface area contributed by atoms with E-state index in [2.05, 4.69) is 12.2 Å². The number of sulfonamides is 1. The number of amides is 1. The number of rotatable bonds is 5. The number of benzene rings is 1. The minimum absolute atomic E-state index is 0.0518. The van der Waals surface area contributed by atoms with E-state index in [4.69, 9.17) is 4.74 Å². The van der Waals surface area contributed by atoms with Gasteiger partial charge in [-0.05, 0) is 56.7 Å². The van der Waals surface area contributed by atoms with Gasteiger partial charge in [0.2, 0.25) is 10.0 Å². The van der Waals surface area contributed by atoms with Crippen molar-refractivity contribution in [3.63, 3.8) is 0 Å². The van der Waals surface area contributed by atoms with E-state index >= 15 is 0 Å². The van der Waals surface area contributed by atoms with Crippen molar-refractivity contribution in [2.75, 3.05) is 13.7 Å². The third-order valence-electron chi connectivity index (χ3n) is 6.18. The van der Waals surface area contributed by atoms with Gasteiger partial charge in [-0.3, -0.25) is 4.79 Å². The maximum absolute atomic E-state index is 13.3. The van der Waals surface area contributed by atoms with Gasteiger partial charge in [0, 0.05) is 24.2 Å². The molecule has 1 aromatic carbocycles. The predicted molar refractivity (Wildman–Crippen MR) is 109 cm³/mol. The van der Waals surface area contributed by atoms with Gasteiger partial charge < -0.3 is 10.1 Å². The second kappa shape index (κ2) is 8.82. The second-order valence-corrected chi connectivity index (χ2v) is 10.0. The van der Waals surface area contributed by atoms with Gasteiger partial charge in [0.25, 0.3) is 5.91 Å². The Labute approximate surface area is 168 Å². The Morgan fingerprint density at radius 2 is 1.82 bits per heavy atom. The van der Waals surface area contributed by atoms with Crippen molar-refractivity contribution in [3.05, 3.63) is 23.8 Å². The molecule has 7 heteroatoms. The molecule has 1 amide bonds. The molecule has 0 radical (unpaired) electrons. The molecule has 0 aromatic heterocycles. The summed E-state index contributed by atoms with van der Waals surface area (Å²) in [5.41, 5.74) is 0.363. The summed E-state index contributed by atoms with van der Waals surface area (Å²) in [6.07, 6.45) is 7.13. The van der Waals surface area contributed by atoms with Crippen LogP contribution in [0.2, 0.25) is 0 Å². The molecule has 2 fully saturated rings. The highest BCUT2D eigenvalue weighted by molar-refractivity contribution is 7.89. The van der Waals surface area contributed by atoms with Crippen molar-refractivity contribution >= 4 is 15.9 Å². The Kier molecular flexibility index (Phi) is 6.65. The molecule has 1 saturated carbocycles. The SMILES string of the molecule is COc1ccc(C(=O)NC2CCCCC2C)cc1S(=O)(=O)N1CCCCC1C. The summed E-state index contributed by atoms with van der Waals surface area (Å²) in [5, 5.41) is 3.10. The minimum Gasteiger partial charge on any atom is -0.495 e. The minimum atomic E-state index is -3.73. The van der Waals surface area contributed by atoms with Gasteiger partial charge in [-0.2, -0.15) is 4.31 Å². The lowest BCUT2D eigenvalue weighted by Gasteiger charge is -2.32. The fourth-order valence-corrected chi connectivity index (χ4v) is 6.24. The van der Waals surface area contributed by atoms with E-state index in [0.29, 0.717) is 18.0 Å². The Balaban J connectivity index is 1.88. The van der Waals surface area contributed by atoms with Crippen molar-refractivity contribution in [2.24, 2.45) is 5.92 Å². The topological polar surface area (TPSA) is 75.7 Å². The first-order valence-electron chi connectivity index (χ1n) is 10.4. The molecule has 1 aromatic rings. The van der Waals surface area contributed by atoms with Gasteiger partial charge in [0.1, 0.15) is 10.6 Å². The van der Waals surface area contributed by atoms with Gasteiger partial charge >= 0.3 is 0 Å². The Morgan fingerprint density at radius 1 is 1.11 bits per heavy atom. The maximum Gasteiger partial charge on any atom is 0.251 e. The highest BCUT2D eigenvalue weighted by atomic mass is 32.2. The Hall–Kier alpha value is -1.60. The summed E-state index contributed by atoms with van der Waals surface area (Å²) in [5.74, 6) is 0.498. The number of carbonyl (C=O) groups excluding carboxylic acids is 1. The number of piperidine rings is 1. The molecule has 6 nitrogen and oxygen atoms in total. The molecule has 1 saturated heterocycles. The molecule has 3 rings (SSSR count). The largest absolute Gasteiger partial charge is 0.495 e. The number of hydrogen-bond acceptors (Lipinski definition) is 4. The number of carbonyl (C=O) groups is 1. The van der Waals surface area contributed by atoms with E-state index in [1.807, 2.05) is 6.92 Å². The van der Waals surface area contributed by atoms with E-state index in [9.17, 15) is 13.2 Å². The first-order valence-corrected chi connectivity index (χ1v) is 11.8. The predicted octanol–water partition coefficient (Wildman–Crippen LogP) is 3.57. The second-order valence-electron chi connectivity index (χ2n) is 8.17. The van der Waals surface area contributed by atoms with Crippen LogP contribution in [0.4, 0.5) is 0 Å². The highest BCUT2D eigenvalue weighted by Gasteiger charge is 2.34. The van der Waals surface area contributed by atoms with Crippen LogP contribution in [0.25, 0.3) is 0 Å². The van der Waals surface area contributed by atoms with Crippen LogP contribution in [0.1, 0.15) is 69.2 Å². The van der Waals surface area contributed by atoms with Crippen molar-refractivity contribution < 1.29 is 17.9 Å². The number of methoxy groups -OCH3 is 1. The Bertz CT molecular complexity index is 809. The van der Waals surface area contributed by atoms with E-state index in [-0.39, 0.29) is 28.6 Å². The molecule has 3 atom stereocenters. The molecule has 0 spiro atoms. The van der Waals surface area contributed by atoms with Crippen molar-refractivity contribution in [1.29, 1.82) is 0 Å². The standard InChI is InChI=1S/C21H32N2O4S/c1-15-8-4-5-10-18(15)22-21(24)17-11-12-19(27-3)20(14-17)28(25,26)23-13-7-6-9-16(23)2/h11-12,14-16,18H,4-10,13H2,1-3H3,(H,22,24). The fraction of sp³-hybridized carbons (Fsp3) is 0.667. The number of nitrogens with one attached hydrogen (secondary N) is 1. The highest BCUT2D eigenvalue weighted by Crippen LogP contribution is 2.32. The third-order valence-corrected chi connectivity index (χ3v) is 8.22. The van der Waals surface area contributed by atoms with Crippen molar-refractivity contribution in [3.8, 4) is 5.75 Å². The van der Waals surface area contributed by atoms with Crippen LogP contribution < -0.4 is 10.1 Å². The summed E-state index contributed by atoms with van der Waals surface area (Å²) in [6, 6.07) is 4.79. The zero-order valence-corrected chi connectivity index (χ0v) is 17.9. The molecule has 1 aliphatic carbocycles. The molecule has 2 aliphatic rings. The molecular weight excluding hydrogens is 376 g/mol. The number of ether oxygens (including phenoxy) is 1. The summed E-state index contributed by atoms with van der Waals surface area (Å²) in [4.78, 5) is 12.9. The normalized spacial score (nSPS) is 26.6. The van der Waals surface area contributed by atoms with Gasteiger partial charge in [-0.25, -0.2) is 8.42 Å². The van der Waals surface area contributed by atoms with Gasteiger partial charge in [0.15, 0.2) is 0 Å². The van der Waals surface area contributed by atoms with Crippen LogP contribution in [-0.4, -0.2) is 44.4 Å². The average Bonchev–Trinajstić information content (AvgIpc) is 2.69. The lowest BCUT2D eigenvalue weighted by molar-refractivity contribution is 0.0910. The van der Waals surface area contributed by atoms with Crippen LogP contribution in [0.15, 0.2) is 23.1 Å². The Morgan fingerprint density at radius 3 is 2.50 bits per heavy atom. The fourth-order valence-electron chi connectivity index (χ4n) is 4.36. The van der Waals surface area contributed by atoms with E-state index in [1.54, 1.807) is 16.4 Å². The van der Waals surface area contributed by atoms with Crippen LogP contribution in [0.5, 0.6) is 5.75 Å². The lowest BCUT2D eigenvalue weighted by atomic mass is 9.86. The monoisotopic (exact) mass is 408 g/mol. The zero-order valence-electron chi connectivity index (χ0n) is 17.1. The van der Waals surface area contributed by atoms with Gasteiger partial charge in [0.05, 0.1) is 7.11 Å². The lowest BCUT2D eigenvalue weighted by Crippen LogP contribution is -2.42. The van der Waals surface area contributed by atoms with Crippen molar-refractivity contribution in [2.45, 2.75) is 75.8 Å². The summed E-state index contributed by atoms with van der Waals surface area (Å²) < 4.78 is 33.5.